The van der Waals surface area contributed by atoms with Gasteiger partial charge in [-0.3, -0.25) is 54.0 Å². The summed E-state index contributed by atoms with van der Waals surface area (Å²) in [5.41, 5.74) is 18.7. The largest absolute Gasteiger partial charge is 0.356 e. The molecule has 5 atom stereocenters. The Morgan fingerprint density at radius 3 is 2.03 bits per heavy atom. The minimum absolute atomic E-state index is 0.00378. The fraction of sp³-hybridized carbons (Fsp3) is 0.596. The van der Waals surface area contributed by atoms with E-state index in [4.69, 9.17) is 11.5 Å². The number of carbonyl (C=O) groups excluding carboxylic acids is 9. The van der Waals surface area contributed by atoms with Crippen LogP contribution < -0.4 is 48.9 Å². The number of nitrogens with zero attached hydrogens (tertiary/aromatic N) is 2. The molecule has 0 saturated carbocycles. The van der Waals surface area contributed by atoms with Crippen LogP contribution in [0, 0.1) is 11.8 Å². The Morgan fingerprint density at radius 2 is 1.39 bits per heavy atom. The van der Waals surface area contributed by atoms with Gasteiger partial charge in [0.25, 0.3) is 5.91 Å². The van der Waals surface area contributed by atoms with E-state index in [1.807, 2.05) is 58.0 Å². The number of nitrogens with one attached hydrogen (secondary N) is 7. The van der Waals surface area contributed by atoms with Crippen molar-refractivity contribution in [1.82, 2.24) is 41.9 Å². The monoisotopic (exact) mass is 1000 g/mol. The van der Waals surface area contributed by atoms with Gasteiger partial charge in [0.1, 0.15) is 24.2 Å². The van der Waals surface area contributed by atoms with Gasteiger partial charge in [0.15, 0.2) is 0 Å². The molecular weight excluding hydrogens is 923 g/mol. The third kappa shape index (κ3) is 22.3. The van der Waals surface area contributed by atoms with Crippen molar-refractivity contribution in [2.24, 2.45) is 23.3 Å². The number of rotatable bonds is 30. The number of carbonyl (C=O) groups is 9. The summed E-state index contributed by atoms with van der Waals surface area (Å²) in [6, 6.07) is 11.4. The number of hydrazine groups is 1. The van der Waals surface area contributed by atoms with Gasteiger partial charge in [-0.05, 0) is 112 Å². The Labute approximate surface area is 425 Å². The highest BCUT2D eigenvalue weighted by Crippen LogP contribution is 2.19. The highest BCUT2D eigenvalue weighted by molar-refractivity contribution is 5.99. The summed E-state index contributed by atoms with van der Waals surface area (Å²) < 4.78 is 0. The number of aryl methyl sites for hydroxylation is 1. The molecule has 1 saturated heterocycles. The molecule has 0 bridgehead atoms. The van der Waals surface area contributed by atoms with Crippen LogP contribution in [-0.2, 0) is 56.0 Å². The van der Waals surface area contributed by atoms with E-state index >= 15 is 0 Å². The Morgan fingerprint density at radius 1 is 0.708 bits per heavy atom. The average Bonchev–Trinajstić information content (AvgIpc) is 3.84. The van der Waals surface area contributed by atoms with Crippen molar-refractivity contribution < 1.29 is 43.2 Å². The van der Waals surface area contributed by atoms with E-state index in [-0.39, 0.29) is 61.8 Å². The molecule has 398 valence electrons. The first-order valence-electron chi connectivity index (χ1n) is 25.5. The van der Waals surface area contributed by atoms with E-state index < -0.39 is 72.2 Å². The maximum absolute atomic E-state index is 14.3. The van der Waals surface area contributed by atoms with Crippen LogP contribution in [0.25, 0.3) is 0 Å². The molecular formula is C52H81N11O9. The average molecular weight is 1000 g/mol. The second-order valence-corrected chi connectivity index (χ2v) is 19.5. The molecule has 0 unspecified atom stereocenters. The zero-order chi connectivity index (χ0) is 53.2. The number of hydrogen-bond donors (Lipinski definition) is 9. The molecule has 20 nitrogen and oxygen atoms in total. The van der Waals surface area contributed by atoms with E-state index in [0.29, 0.717) is 75.8 Å². The fourth-order valence-electron chi connectivity index (χ4n) is 8.36. The summed E-state index contributed by atoms with van der Waals surface area (Å²) in [5.74, 6) is -3.86. The number of hydrogen-bond acceptors (Lipinski definition) is 11. The van der Waals surface area contributed by atoms with Crippen molar-refractivity contribution in [2.45, 2.75) is 155 Å². The topological polar surface area (TPSA) is 296 Å². The van der Waals surface area contributed by atoms with Crippen molar-refractivity contribution >= 4 is 58.9 Å². The van der Waals surface area contributed by atoms with Crippen LogP contribution in [0.1, 0.15) is 123 Å². The van der Waals surface area contributed by atoms with Crippen molar-refractivity contribution in [2.75, 3.05) is 38.0 Å². The SMILES string of the molecule is CC(=O)NCCCCCC(=O)NNC(=O)[C@H](N)Cc1ccc(NC(=O)[C@H](CC(C)C)NC(=O)[C@H](CCc2ccccc2)NC(=O)CN(CCCCN)C(=O)[C@H](CC(C)C)NC(=O)[C@@H]2CCCN2C(C)=O)cc1. The van der Waals surface area contributed by atoms with E-state index in [1.54, 1.807) is 24.3 Å². The third-order valence-corrected chi connectivity index (χ3v) is 12.2. The minimum Gasteiger partial charge on any atom is -0.356 e. The van der Waals surface area contributed by atoms with Crippen LogP contribution in [0.3, 0.4) is 0 Å². The van der Waals surface area contributed by atoms with Crippen LogP contribution in [0.2, 0.25) is 0 Å². The Kier molecular flexibility index (Phi) is 26.5. The van der Waals surface area contributed by atoms with Crippen LogP contribution in [0.5, 0.6) is 0 Å². The van der Waals surface area contributed by atoms with Gasteiger partial charge in [0.05, 0.1) is 12.6 Å². The van der Waals surface area contributed by atoms with Gasteiger partial charge in [-0.2, -0.15) is 0 Å². The molecule has 0 spiro atoms. The van der Waals surface area contributed by atoms with E-state index in [0.717, 1.165) is 18.4 Å². The molecule has 2 aromatic carbocycles. The van der Waals surface area contributed by atoms with Gasteiger partial charge in [0.2, 0.25) is 47.3 Å². The Hall–Kier alpha value is -6.41. The molecule has 1 aliphatic rings. The van der Waals surface area contributed by atoms with Gasteiger partial charge in [-0.15, -0.1) is 0 Å². The maximum atomic E-state index is 14.3. The standard InChI is InChI=1S/C52H81N11O9/c1-34(2)30-43(50(70)56-40-23-20-39(21-24-40)32-41(54)48(68)61-60-46(66)19-11-8-13-27-55-36(5)64)58-49(69)42(25-22-38-16-9-7-10-17-38)57-47(67)33-62(28-14-12-26-53)52(72)44(31-35(3)4)59-51(71)45-18-15-29-63(45)37(6)65/h7,9-10,16-17,20-21,23-24,34-35,41-45H,8,11-15,18-19,22,25-33,53-54H2,1-6H3,(H,55,64)(H,56,70)(H,57,67)(H,58,69)(H,59,71)(H,60,66)(H,61,68)/t41-,42+,43+,44+,45+/m1/s1. The summed E-state index contributed by atoms with van der Waals surface area (Å²) in [6.45, 7) is 11.6. The van der Waals surface area contributed by atoms with Crippen molar-refractivity contribution in [1.29, 1.82) is 0 Å². The van der Waals surface area contributed by atoms with Gasteiger partial charge in [0, 0.05) is 45.6 Å². The summed E-state index contributed by atoms with van der Waals surface area (Å²) in [7, 11) is 0. The molecule has 9 amide bonds. The highest BCUT2D eigenvalue weighted by atomic mass is 16.2. The zero-order valence-corrected chi connectivity index (χ0v) is 43.2. The van der Waals surface area contributed by atoms with Gasteiger partial charge >= 0.3 is 0 Å². The van der Waals surface area contributed by atoms with Crippen molar-refractivity contribution in [3.8, 4) is 0 Å². The molecule has 0 radical (unpaired) electrons. The molecule has 0 aliphatic carbocycles. The van der Waals surface area contributed by atoms with Crippen LogP contribution >= 0.6 is 0 Å². The predicted molar refractivity (Wildman–Crippen MR) is 275 cm³/mol. The number of unbranched alkanes of at least 4 members (excludes halogenated alkanes) is 3. The quantitative estimate of drug-likeness (QED) is 0.0404. The summed E-state index contributed by atoms with van der Waals surface area (Å²) in [6.07, 6.45) is 5.75. The Balaban J connectivity index is 1.70. The fourth-order valence-corrected chi connectivity index (χ4v) is 8.36. The second kappa shape index (κ2) is 31.8. The molecule has 0 aromatic heterocycles. The summed E-state index contributed by atoms with van der Waals surface area (Å²) >= 11 is 0. The van der Waals surface area contributed by atoms with Gasteiger partial charge in [-0.1, -0.05) is 76.6 Å². The zero-order valence-electron chi connectivity index (χ0n) is 43.2. The van der Waals surface area contributed by atoms with Crippen molar-refractivity contribution in [3.05, 3.63) is 65.7 Å². The number of nitrogens with two attached hydrogens (primary N) is 2. The highest BCUT2D eigenvalue weighted by Gasteiger charge is 2.36. The predicted octanol–water partition coefficient (Wildman–Crippen LogP) is 2.10. The first kappa shape index (κ1) is 59.9. The molecule has 1 fully saturated rings. The van der Waals surface area contributed by atoms with Crippen molar-refractivity contribution in [3.63, 3.8) is 0 Å². The lowest BCUT2D eigenvalue weighted by atomic mass is 10.0. The normalized spacial score (nSPS) is 14.9. The second-order valence-electron chi connectivity index (χ2n) is 19.5. The molecule has 1 aliphatic heterocycles. The van der Waals surface area contributed by atoms with Gasteiger partial charge in [-0.25, -0.2) is 0 Å². The smallest absolute Gasteiger partial charge is 0.255 e. The van der Waals surface area contributed by atoms with Gasteiger partial charge < -0.3 is 47.9 Å². The van der Waals surface area contributed by atoms with Crippen LogP contribution in [0.4, 0.5) is 5.69 Å². The van der Waals surface area contributed by atoms with E-state index in [9.17, 15) is 43.2 Å². The number of amides is 9. The van der Waals surface area contributed by atoms with E-state index in [1.165, 1.54) is 23.6 Å². The van der Waals surface area contributed by atoms with Crippen LogP contribution in [0.15, 0.2) is 54.6 Å². The molecule has 2 aromatic rings. The molecule has 1 heterocycles. The lowest BCUT2D eigenvalue weighted by Gasteiger charge is -2.31. The van der Waals surface area contributed by atoms with E-state index in [2.05, 4.69) is 37.4 Å². The first-order chi connectivity index (χ1) is 34.3. The Bertz CT molecular complexity index is 2090. The number of likely N-dealkylation sites (tertiary alicyclic amines) is 1. The minimum atomic E-state index is -1.10. The molecule has 11 N–H and O–H groups in total. The number of benzene rings is 2. The lowest BCUT2D eigenvalue weighted by Crippen LogP contribution is -2.57. The first-order valence-corrected chi connectivity index (χ1v) is 25.5. The summed E-state index contributed by atoms with van der Waals surface area (Å²) in [5, 5.41) is 14.2. The summed E-state index contributed by atoms with van der Waals surface area (Å²) in [4.78, 5) is 121. The number of anilines is 1. The molecule has 72 heavy (non-hydrogen) atoms. The molecule has 3 rings (SSSR count). The third-order valence-electron chi connectivity index (χ3n) is 12.2. The van der Waals surface area contributed by atoms with Crippen LogP contribution in [-0.4, -0.2) is 126 Å². The maximum Gasteiger partial charge on any atom is 0.255 e. The lowest BCUT2D eigenvalue weighted by molar-refractivity contribution is -0.142. The molecule has 20 heteroatoms.